The molecule has 0 bridgehead atoms. The van der Waals surface area contributed by atoms with Gasteiger partial charge in [-0.3, -0.25) is 0 Å². The van der Waals surface area contributed by atoms with E-state index in [1.807, 2.05) is 36.4 Å². The Morgan fingerprint density at radius 2 is 2.06 bits per heavy atom. The first-order chi connectivity index (χ1) is 8.28. The monoisotopic (exact) mass is 311 g/mol. The van der Waals surface area contributed by atoms with Gasteiger partial charge in [0, 0.05) is 22.6 Å². The van der Waals surface area contributed by atoms with Gasteiger partial charge in [-0.15, -0.1) is 11.6 Å². The Morgan fingerprint density at radius 3 is 2.82 bits per heavy atom. The number of rotatable bonds is 4. The van der Waals surface area contributed by atoms with Crippen LogP contribution >= 0.6 is 27.5 Å². The Morgan fingerprint density at radius 1 is 1.18 bits per heavy atom. The van der Waals surface area contributed by atoms with Crippen LogP contribution in [0.4, 0.5) is 0 Å². The standard InChI is InChI=1S/C13H11BrClNO/c14-12-3-1-2-11(6-12)9-17-13-7-10(8-15)4-5-16-13/h1-7H,8-9H2. The molecule has 2 rings (SSSR count). The number of pyridine rings is 1. The highest BCUT2D eigenvalue weighted by Gasteiger charge is 1.99. The predicted molar refractivity (Wildman–Crippen MR) is 72.3 cm³/mol. The number of ether oxygens (including phenoxy) is 1. The van der Waals surface area contributed by atoms with Gasteiger partial charge < -0.3 is 4.74 Å². The zero-order valence-electron chi connectivity index (χ0n) is 9.07. The SMILES string of the molecule is ClCc1ccnc(OCc2cccc(Br)c2)c1. The second kappa shape index (κ2) is 6.03. The molecule has 0 spiro atoms. The molecule has 0 saturated carbocycles. The Labute approximate surface area is 114 Å². The Kier molecular flexibility index (Phi) is 4.40. The van der Waals surface area contributed by atoms with Crippen molar-refractivity contribution in [1.82, 2.24) is 4.98 Å². The van der Waals surface area contributed by atoms with Crippen LogP contribution in [0, 0.1) is 0 Å². The molecule has 0 fully saturated rings. The molecule has 0 radical (unpaired) electrons. The highest BCUT2D eigenvalue weighted by Crippen LogP contribution is 2.15. The van der Waals surface area contributed by atoms with Crippen molar-refractivity contribution in [3.8, 4) is 5.88 Å². The molecule has 4 heteroatoms. The van der Waals surface area contributed by atoms with Crippen molar-refractivity contribution in [2.75, 3.05) is 0 Å². The van der Waals surface area contributed by atoms with Crippen LogP contribution in [0.25, 0.3) is 0 Å². The zero-order chi connectivity index (χ0) is 12.1. The molecule has 2 nitrogen and oxygen atoms in total. The summed E-state index contributed by atoms with van der Waals surface area (Å²) in [5.41, 5.74) is 2.10. The minimum absolute atomic E-state index is 0.468. The number of hydrogen-bond acceptors (Lipinski definition) is 2. The summed E-state index contributed by atoms with van der Waals surface area (Å²) in [6.45, 7) is 0.498. The number of hydrogen-bond donors (Lipinski definition) is 0. The lowest BCUT2D eigenvalue weighted by Crippen LogP contribution is -1.97. The molecule has 0 N–H and O–H groups in total. The maximum atomic E-state index is 5.75. The van der Waals surface area contributed by atoms with Gasteiger partial charge in [0.1, 0.15) is 6.61 Å². The lowest BCUT2D eigenvalue weighted by atomic mass is 10.2. The average Bonchev–Trinajstić information content (AvgIpc) is 2.37. The van der Waals surface area contributed by atoms with Gasteiger partial charge in [-0.2, -0.15) is 0 Å². The molecule has 17 heavy (non-hydrogen) atoms. The fraction of sp³-hybridized carbons (Fsp3) is 0.154. The summed E-state index contributed by atoms with van der Waals surface area (Å²) >= 11 is 9.17. The summed E-state index contributed by atoms with van der Waals surface area (Å²) in [5, 5.41) is 0. The zero-order valence-corrected chi connectivity index (χ0v) is 11.4. The molecular formula is C13H11BrClNO. The molecule has 2 aromatic rings. The van der Waals surface area contributed by atoms with E-state index in [0.717, 1.165) is 15.6 Å². The van der Waals surface area contributed by atoms with E-state index in [4.69, 9.17) is 16.3 Å². The van der Waals surface area contributed by atoms with Crippen LogP contribution in [-0.4, -0.2) is 4.98 Å². The fourth-order valence-electron chi connectivity index (χ4n) is 1.40. The summed E-state index contributed by atoms with van der Waals surface area (Å²) in [6.07, 6.45) is 1.70. The lowest BCUT2D eigenvalue weighted by Gasteiger charge is -2.06. The molecule has 1 heterocycles. The molecule has 0 saturated heterocycles. The first kappa shape index (κ1) is 12.4. The van der Waals surface area contributed by atoms with Crippen molar-refractivity contribution in [3.05, 3.63) is 58.2 Å². The van der Waals surface area contributed by atoms with E-state index in [9.17, 15) is 0 Å². The van der Waals surface area contributed by atoms with Crippen molar-refractivity contribution in [3.63, 3.8) is 0 Å². The van der Waals surface area contributed by atoms with Crippen molar-refractivity contribution in [1.29, 1.82) is 0 Å². The molecule has 1 aromatic carbocycles. The van der Waals surface area contributed by atoms with Crippen LogP contribution < -0.4 is 4.74 Å². The lowest BCUT2D eigenvalue weighted by molar-refractivity contribution is 0.293. The van der Waals surface area contributed by atoms with Crippen LogP contribution in [0.3, 0.4) is 0 Å². The quantitative estimate of drug-likeness (QED) is 0.791. The first-order valence-corrected chi connectivity index (χ1v) is 6.49. The molecule has 0 amide bonds. The molecule has 0 aliphatic carbocycles. The Bertz CT molecular complexity index is 504. The van der Waals surface area contributed by atoms with E-state index in [-0.39, 0.29) is 0 Å². The Hall–Kier alpha value is -1.06. The topological polar surface area (TPSA) is 22.1 Å². The van der Waals surface area contributed by atoms with Crippen LogP contribution in [0.15, 0.2) is 47.1 Å². The van der Waals surface area contributed by atoms with Gasteiger partial charge in [0.25, 0.3) is 0 Å². The van der Waals surface area contributed by atoms with Gasteiger partial charge in [-0.25, -0.2) is 4.98 Å². The van der Waals surface area contributed by atoms with Crippen molar-refractivity contribution >= 4 is 27.5 Å². The third-order valence-corrected chi connectivity index (χ3v) is 3.03. The Balaban J connectivity index is 2.02. The summed E-state index contributed by atoms with van der Waals surface area (Å²) in [5.74, 6) is 1.07. The summed E-state index contributed by atoms with van der Waals surface area (Å²) in [6, 6.07) is 11.7. The van der Waals surface area contributed by atoms with Crippen LogP contribution in [0.5, 0.6) is 5.88 Å². The fourth-order valence-corrected chi connectivity index (χ4v) is 2.01. The highest BCUT2D eigenvalue weighted by molar-refractivity contribution is 9.10. The molecule has 0 aliphatic rings. The molecule has 0 aliphatic heterocycles. The molecule has 88 valence electrons. The molecule has 0 atom stereocenters. The minimum Gasteiger partial charge on any atom is -0.473 e. The van der Waals surface area contributed by atoms with E-state index in [1.165, 1.54) is 0 Å². The van der Waals surface area contributed by atoms with Gasteiger partial charge in [-0.05, 0) is 29.3 Å². The second-order valence-corrected chi connectivity index (χ2v) is 4.74. The number of aromatic nitrogens is 1. The number of nitrogens with zero attached hydrogens (tertiary/aromatic N) is 1. The van der Waals surface area contributed by atoms with Gasteiger partial charge >= 0.3 is 0 Å². The minimum atomic E-state index is 0.468. The number of benzene rings is 1. The highest BCUT2D eigenvalue weighted by atomic mass is 79.9. The van der Waals surface area contributed by atoms with Crippen LogP contribution in [0.2, 0.25) is 0 Å². The van der Waals surface area contributed by atoms with E-state index in [1.54, 1.807) is 6.20 Å². The molecular weight excluding hydrogens is 302 g/mol. The molecule has 1 aromatic heterocycles. The van der Waals surface area contributed by atoms with E-state index >= 15 is 0 Å². The third kappa shape index (κ3) is 3.72. The van der Waals surface area contributed by atoms with Crippen LogP contribution in [-0.2, 0) is 12.5 Å². The summed E-state index contributed by atoms with van der Waals surface area (Å²) in [4.78, 5) is 4.13. The van der Waals surface area contributed by atoms with Gasteiger partial charge in [0.2, 0.25) is 5.88 Å². The second-order valence-electron chi connectivity index (χ2n) is 3.55. The largest absolute Gasteiger partial charge is 0.473 e. The van der Waals surface area contributed by atoms with Crippen molar-refractivity contribution < 1.29 is 4.74 Å². The van der Waals surface area contributed by atoms with Gasteiger partial charge in [-0.1, -0.05) is 28.1 Å². The maximum absolute atomic E-state index is 5.75. The normalized spacial score (nSPS) is 10.2. The molecule has 0 unspecified atom stereocenters. The van der Waals surface area contributed by atoms with Gasteiger partial charge in [0.15, 0.2) is 0 Å². The van der Waals surface area contributed by atoms with E-state index in [0.29, 0.717) is 18.4 Å². The third-order valence-electron chi connectivity index (χ3n) is 2.23. The van der Waals surface area contributed by atoms with Crippen molar-refractivity contribution in [2.24, 2.45) is 0 Å². The predicted octanol–water partition coefficient (Wildman–Crippen LogP) is 4.16. The smallest absolute Gasteiger partial charge is 0.213 e. The van der Waals surface area contributed by atoms with Crippen LogP contribution in [0.1, 0.15) is 11.1 Å². The number of halogens is 2. The van der Waals surface area contributed by atoms with Crippen molar-refractivity contribution in [2.45, 2.75) is 12.5 Å². The van der Waals surface area contributed by atoms with E-state index in [2.05, 4.69) is 20.9 Å². The van der Waals surface area contributed by atoms with Gasteiger partial charge in [0.05, 0.1) is 0 Å². The maximum Gasteiger partial charge on any atom is 0.213 e. The summed E-state index contributed by atoms with van der Waals surface area (Å²) in [7, 11) is 0. The first-order valence-electron chi connectivity index (χ1n) is 5.16. The summed E-state index contributed by atoms with van der Waals surface area (Å²) < 4.78 is 6.64. The number of alkyl halides is 1. The average molecular weight is 313 g/mol. The van der Waals surface area contributed by atoms with E-state index < -0.39 is 0 Å².